The molecule has 1 heterocycles. The summed E-state index contributed by atoms with van der Waals surface area (Å²) in [5.41, 5.74) is 5.35. The highest BCUT2D eigenvalue weighted by Crippen LogP contribution is 2.28. The highest BCUT2D eigenvalue weighted by atomic mass is 16.5. The van der Waals surface area contributed by atoms with Gasteiger partial charge < -0.3 is 4.74 Å². The number of H-pyrrole nitrogens is 1. The van der Waals surface area contributed by atoms with Crippen LogP contribution in [0.2, 0.25) is 0 Å². The van der Waals surface area contributed by atoms with E-state index in [2.05, 4.69) is 10.2 Å². The van der Waals surface area contributed by atoms with Gasteiger partial charge in [0.25, 0.3) is 0 Å². The lowest BCUT2D eigenvalue weighted by atomic mass is 10.1. The maximum Gasteiger partial charge on any atom is 0.189 e. The van der Waals surface area contributed by atoms with E-state index < -0.39 is 0 Å². The molecule has 0 atom stereocenters. The predicted octanol–water partition coefficient (Wildman–Crippen LogP) is 3.91. The van der Waals surface area contributed by atoms with Crippen molar-refractivity contribution in [2.75, 3.05) is 7.11 Å². The molecule has 4 heteroatoms. The molecule has 0 bridgehead atoms. The number of hydrogen-bond acceptors (Lipinski definition) is 3. The van der Waals surface area contributed by atoms with Crippen LogP contribution < -0.4 is 4.74 Å². The molecule has 0 saturated carbocycles. The number of allylic oxidation sites excluding steroid dienone is 1. The lowest BCUT2D eigenvalue weighted by Gasteiger charge is -1.99. The Hall–Kier alpha value is -3.14. The summed E-state index contributed by atoms with van der Waals surface area (Å²) in [6.45, 7) is 0. The van der Waals surface area contributed by atoms with Crippen LogP contribution in [0.25, 0.3) is 17.3 Å². The monoisotopic (exact) mass is 316 g/mol. The average molecular weight is 316 g/mol. The normalized spacial score (nSPS) is 14.9. The number of aromatic amines is 1. The lowest BCUT2D eigenvalue weighted by Crippen LogP contribution is -1.94. The minimum atomic E-state index is 0.103. The molecule has 0 amide bonds. The molecule has 24 heavy (non-hydrogen) atoms. The van der Waals surface area contributed by atoms with Crippen molar-refractivity contribution in [2.45, 2.75) is 6.42 Å². The van der Waals surface area contributed by atoms with Crippen molar-refractivity contribution in [3.05, 3.63) is 77.0 Å². The number of methoxy groups -OCH3 is 1. The second-order valence-electron chi connectivity index (χ2n) is 5.77. The number of hydrogen-bond donors (Lipinski definition) is 1. The molecule has 0 radical (unpaired) electrons. The Kier molecular flexibility index (Phi) is 3.50. The number of Topliss-reactive ketones (excluding diaryl/α,β-unsaturated/α-hetero) is 1. The number of carbonyl (C=O) groups is 1. The third-order valence-corrected chi connectivity index (χ3v) is 4.25. The first-order chi connectivity index (χ1) is 11.7. The highest BCUT2D eigenvalue weighted by Gasteiger charge is 2.24. The van der Waals surface area contributed by atoms with E-state index in [4.69, 9.17) is 4.74 Å². The van der Waals surface area contributed by atoms with Crippen LogP contribution in [0.1, 0.15) is 21.6 Å². The Labute approximate surface area is 139 Å². The second-order valence-corrected chi connectivity index (χ2v) is 5.77. The van der Waals surface area contributed by atoms with Gasteiger partial charge in [0.1, 0.15) is 5.75 Å². The number of fused-ring (bicyclic) bond motifs is 1. The van der Waals surface area contributed by atoms with Gasteiger partial charge in [0, 0.05) is 23.1 Å². The van der Waals surface area contributed by atoms with E-state index in [-0.39, 0.29) is 5.78 Å². The molecular formula is C20H16N2O2. The Morgan fingerprint density at radius 1 is 1.12 bits per heavy atom. The molecule has 1 N–H and O–H groups in total. The standard InChI is InChI=1S/C20H16N2O2/c1-24-17-8-6-13(7-9-17)19-12-16(21-22-19)11-15-10-14-4-2-3-5-18(14)20(15)23/h2-9,11-12H,10H2,1H3,(H,21,22). The van der Waals surface area contributed by atoms with Gasteiger partial charge >= 0.3 is 0 Å². The molecule has 1 aromatic heterocycles. The number of nitrogens with zero attached hydrogens (tertiary/aromatic N) is 1. The first kappa shape index (κ1) is 14.5. The Bertz CT molecular complexity index is 936. The fourth-order valence-electron chi connectivity index (χ4n) is 2.98. The van der Waals surface area contributed by atoms with Gasteiger partial charge in [0.15, 0.2) is 5.78 Å². The van der Waals surface area contributed by atoms with E-state index in [0.717, 1.165) is 39.4 Å². The van der Waals surface area contributed by atoms with Crippen molar-refractivity contribution in [3.8, 4) is 17.0 Å². The fourth-order valence-corrected chi connectivity index (χ4v) is 2.98. The maximum absolute atomic E-state index is 12.4. The second kappa shape index (κ2) is 5.81. The first-order valence-corrected chi connectivity index (χ1v) is 7.77. The summed E-state index contributed by atoms with van der Waals surface area (Å²) in [7, 11) is 1.64. The third kappa shape index (κ3) is 2.52. The Morgan fingerprint density at radius 2 is 1.92 bits per heavy atom. The molecule has 0 unspecified atom stereocenters. The van der Waals surface area contributed by atoms with E-state index in [9.17, 15) is 4.79 Å². The molecule has 1 aliphatic rings. The smallest absolute Gasteiger partial charge is 0.189 e. The van der Waals surface area contributed by atoms with Gasteiger partial charge in [-0.05, 0) is 42.0 Å². The van der Waals surface area contributed by atoms with Gasteiger partial charge in [-0.1, -0.05) is 24.3 Å². The lowest BCUT2D eigenvalue weighted by molar-refractivity contribution is 0.104. The molecule has 3 aromatic rings. The van der Waals surface area contributed by atoms with Crippen LogP contribution in [0.4, 0.5) is 0 Å². The van der Waals surface area contributed by atoms with E-state index in [1.54, 1.807) is 7.11 Å². The topological polar surface area (TPSA) is 55.0 Å². The molecule has 4 rings (SSSR count). The van der Waals surface area contributed by atoms with E-state index in [0.29, 0.717) is 6.42 Å². The fraction of sp³-hybridized carbons (Fsp3) is 0.100. The number of carbonyl (C=O) groups excluding carboxylic acids is 1. The molecule has 0 aliphatic heterocycles. The molecule has 0 spiro atoms. The van der Waals surface area contributed by atoms with Crippen molar-refractivity contribution in [2.24, 2.45) is 0 Å². The minimum absolute atomic E-state index is 0.103. The minimum Gasteiger partial charge on any atom is -0.497 e. The van der Waals surface area contributed by atoms with Gasteiger partial charge in [0.05, 0.1) is 18.5 Å². The van der Waals surface area contributed by atoms with Gasteiger partial charge in [0.2, 0.25) is 0 Å². The largest absolute Gasteiger partial charge is 0.497 e. The van der Waals surface area contributed by atoms with Crippen molar-refractivity contribution >= 4 is 11.9 Å². The highest BCUT2D eigenvalue weighted by molar-refractivity contribution is 6.15. The molecular weight excluding hydrogens is 300 g/mol. The zero-order valence-corrected chi connectivity index (χ0v) is 13.2. The molecule has 1 aliphatic carbocycles. The van der Waals surface area contributed by atoms with Crippen LogP contribution in [-0.4, -0.2) is 23.1 Å². The van der Waals surface area contributed by atoms with Gasteiger partial charge in [-0.3, -0.25) is 9.89 Å². The van der Waals surface area contributed by atoms with Crippen LogP contribution in [-0.2, 0) is 6.42 Å². The maximum atomic E-state index is 12.4. The molecule has 0 fully saturated rings. The first-order valence-electron chi connectivity index (χ1n) is 7.77. The summed E-state index contributed by atoms with van der Waals surface area (Å²) in [5, 5.41) is 7.33. The third-order valence-electron chi connectivity index (χ3n) is 4.25. The van der Waals surface area contributed by atoms with E-state index in [1.165, 1.54) is 0 Å². The number of ether oxygens (including phenoxy) is 1. The van der Waals surface area contributed by atoms with Crippen molar-refractivity contribution in [3.63, 3.8) is 0 Å². The predicted molar refractivity (Wildman–Crippen MR) is 93.0 cm³/mol. The number of ketones is 1. The van der Waals surface area contributed by atoms with Crippen LogP contribution in [0.15, 0.2) is 60.2 Å². The van der Waals surface area contributed by atoms with Gasteiger partial charge in [-0.25, -0.2) is 0 Å². The molecule has 4 nitrogen and oxygen atoms in total. The van der Waals surface area contributed by atoms with Gasteiger partial charge in [-0.15, -0.1) is 0 Å². The summed E-state index contributed by atoms with van der Waals surface area (Å²) in [6, 6.07) is 17.4. The van der Waals surface area contributed by atoms with Crippen LogP contribution in [0.3, 0.4) is 0 Å². The van der Waals surface area contributed by atoms with Crippen LogP contribution in [0, 0.1) is 0 Å². The van der Waals surface area contributed by atoms with E-state index >= 15 is 0 Å². The summed E-state index contributed by atoms with van der Waals surface area (Å²) >= 11 is 0. The van der Waals surface area contributed by atoms with Crippen molar-refractivity contribution in [1.82, 2.24) is 10.2 Å². The number of nitrogens with one attached hydrogen (secondary N) is 1. The van der Waals surface area contributed by atoms with Crippen LogP contribution >= 0.6 is 0 Å². The number of benzene rings is 2. The number of aromatic nitrogens is 2. The SMILES string of the molecule is COc1ccc(-c2cc(C=C3Cc4ccccc4C3=O)[nH]n2)cc1. The van der Waals surface area contributed by atoms with Crippen molar-refractivity contribution < 1.29 is 9.53 Å². The van der Waals surface area contributed by atoms with Gasteiger partial charge in [-0.2, -0.15) is 5.10 Å². The number of rotatable bonds is 3. The molecule has 0 saturated heterocycles. The summed E-state index contributed by atoms with van der Waals surface area (Å²) < 4.78 is 5.17. The zero-order valence-electron chi connectivity index (χ0n) is 13.2. The summed E-state index contributed by atoms with van der Waals surface area (Å²) in [6.07, 6.45) is 2.56. The van der Waals surface area contributed by atoms with E-state index in [1.807, 2.05) is 60.7 Å². The summed E-state index contributed by atoms with van der Waals surface area (Å²) in [5.74, 6) is 0.914. The Morgan fingerprint density at radius 3 is 2.67 bits per heavy atom. The average Bonchev–Trinajstić information content (AvgIpc) is 3.21. The van der Waals surface area contributed by atoms with Crippen molar-refractivity contribution in [1.29, 1.82) is 0 Å². The zero-order chi connectivity index (χ0) is 16.5. The molecule has 118 valence electrons. The van der Waals surface area contributed by atoms with Crippen LogP contribution in [0.5, 0.6) is 5.75 Å². The Balaban J connectivity index is 1.61. The quantitative estimate of drug-likeness (QED) is 0.745. The molecule has 2 aromatic carbocycles. The summed E-state index contributed by atoms with van der Waals surface area (Å²) in [4.78, 5) is 12.4.